The summed E-state index contributed by atoms with van der Waals surface area (Å²) in [4.78, 5) is 15.2. The van der Waals surface area contributed by atoms with Crippen molar-refractivity contribution in [1.29, 1.82) is 0 Å². The van der Waals surface area contributed by atoms with Gasteiger partial charge in [-0.15, -0.1) is 0 Å². The van der Waals surface area contributed by atoms with Gasteiger partial charge in [-0.2, -0.15) is 0 Å². The van der Waals surface area contributed by atoms with Gasteiger partial charge in [-0.05, 0) is 62.3 Å². The number of nitrogens with two attached hydrogens (primary N) is 1. The minimum atomic E-state index is -1.59. The molecule has 0 spiro atoms. The number of esters is 1. The van der Waals surface area contributed by atoms with Gasteiger partial charge in [0.05, 0.1) is 10.6 Å². The predicted molar refractivity (Wildman–Crippen MR) is 136 cm³/mol. The van der Waals surface area contributed by atoms with Crippen molar-refractivity contribution in [2.24, 2.45) is 11.1 Å². The number of carbonyl (C=O) groups excluding carboxylic acids is 1. The molecule has 0 radical (unpaired) electrons. The molecule has 4 atom stereocenters. The van der Waals surface area contributed by atoms with Crippen LogP contribution in [0.1, 0.15) is 64.0 Å². The molecule has 0 aliphatic carbocycles. The summed E-state index contributed by atoms with van der Waals surface area (Å²) >= 11 is 12.2. The maximum Gasteiger partial charge on any atom is 0.325 e. The fourth-order valence-electron chi connectivity index (χ4n) is 6.25. The van der Waals surface area contributed by atoms with E-state index in [1.165, 1.54) is 30.3 Å². The zero-order valence-electron chi connectivity index (χ0n) is 20.8. The normalized spacial score (nSPS) is 27.8. The molecule has 0 unspecified atom stereocenters. The van der Waals surface area contributed by atoms with Gasteiger partial charge in [0.1, 0.15) is 17.7 Å². The second-order valence-electron chi connectivity index (χ2n) is 10.5. The highest BCUT2D eigenvalue weighted by atomic mass is 35.5. The number of nitrogens with zero attached hydrogens (tertiary/aromatic N) is 1. The summed E-state index contributed by atoms with van der Waals surface area (Å²) in [5.41, 5.74) is 4.25. The molecular weight excluding hydrogens is 509 g/mol. The van der Waals surface area contributed by atoms with Crippen LogP contribution in [0.5, 0.6) is 0 Å². The Hall–Kier alpha value is -1.77. The summed E-state index contributed by atoms with van der Waals surface area (Å²) in [5.74, 6) is -2.97. The van der Waals surface area contributed by atoms with E-state index in [1.807, 2.05) is 18.7 Å². The average Bonchev–Trinajstić information content (AvgIpc) is 3.22. The molecular formula is C27H32Cl2F2N2O3. The van der Waals surface area contributed by atoms with Crippen LogP contribution in [-0.4, -0.2) is 40.4 Å². The highest BCUT2D eigenvalue weighted by Gasteiger charge is 2.69. The number of halogens is 4. The molecule has 2 aromatic rings. The molecule has 2 fully saturated rings. The van der Waals surface area contributed by atoms with E-state index in [0.717, 1.165) is 0 Å². The van der Waals surface area contributed by atoms with Gasteiger partial charge in [-0.3, -0.25) is 4.79 Å². The molecule has 196 valence electrons. The first kappa shape index (κ1) is 27.3. The molecule has 0 saturated carbocycles. The van der Waals surface area contributed by atoms with E-state index in [1.54, 1.807) is 19.9 Å². The molecule has 2 aromatic carbocycles. The predicted octanol–water partition coefficient (Wildman–Crippen LogP) is 5.74. The van der Waals surface area contributed by atoms with Crippen molar-refractivity contribution in [3.63, 3.8) is 0 Å². The van der Waals surface area contributed by atoms with Gasteiger partial charge in [0.2, 0.25) is 0 Å². The monoisotopic (exact) mass is 540 g/mol. The van der Waals surface area contributed by atoms with Crippen molar-refractivity contribution in [1.82, 2.24) is 4.90 Å². The van der Waals surface area contributed by atoms with Crippen molar-refractivity contribution in [2.75, 3.05) is 6.61 Å². The lowest BCUT2D eigenvalue weighted by Gasteiger charge is -2.45. The Balaban J connectivity index is 2.06. The van der Waals surface area contributed by atoms with Gasteiger partial charge >= 0.3 is 5.97 Å². The third-order valence-corrected chi connectivity index (χ3v) is 8.93. The van der Waals surface area contributed by atoms with Crippen LogP contribution in [0.25, 0.3) is 0 Å². The van der Waals surface area contributed by atoms with Crippen molar-refractivity contribution in [2.45, 2.75) is 76.2 Å². The fraction of sp³-hybridized carbons (Fsp3) is 0.519. The second-order valence-corrected chi connectivity index (χ2v) is 11.3. The van der Waals surface area contributed by atoms with Crippen LogP contribution in [0, 0.1) is 17.0 Å². The quantitative estimate of drug-likeness (QED) is 0.437. The molecule has 4 rings (SSSR count). The van der Waals surface area contributed by atoms with Crippen LogP contribution >= 0.6 is 23.2 Å². The lowest BCUT2D eigenvalue weighted by atomic mass is 9.66. The molecule has 5 nitrogen and oxygen atoms in total. The number of cyclic esters (lactones) is 1. The lowest BCUT2D eigenvalue weighted by Crippen LogP contribution is -2.57. The molecule has 3 N–H and O–H groups in total. The molecule has 2 aliphatic heterocycles. The minimum absolute atomic E-state index is 0.106. The van der Waals surface area contributed by atoms with Crippen LogP contribution in [0.15, 0.2) is 36.4 Å². The van der Waals surface area contributed by atoms with Gasteiger partial charge in [0.25, 0.3) is 0 Å². The minimum Gasteiger partial charge on any atom is -0.443 e. The average molecular weight is 541 g/mol. The summed E-state index contributed by atoms with van der Waals surface area (Å²) in [6, 6.07) is 7.02. The number of aliphatic hydroxyl groups excluding tert-OH is 1. The van der Waals surface area contributed by atoms with Gasteiger partial charge in [0, 0.05) is 29.2 Å². The standard InChI is InChI=1S/C27H32Cl2F2N2O3/c1-5-26(6-2,14-34)13-20-27(32,17-11-10-15(28)12-19(17)30)21(16-8-7-9-18(29)22(16)31)23-24(35)36-25(3,4)33(20)23/h7-12,20-21,23,34H,5-6,13-14,32H2,1-4H3/t20-,21-,23+,27+/m0/s1. The largest absolute Gasteiger partial charge is 0.443 e. The summed E-state index contributed by atoms with van der Waals surface area (Å²) in [7, 11) is 0. The highest BCUT2D eigenvalue weighted by Crippen LogP contribution is 2.58. The molecule has 2 heterocycles. The maximum absolute atomic E-state index is 15.7. The van der Waals surface area contributed by atoms with E-state index in [9.17, 15) is 9.90 Å². The number of rotatable bonds is 7. The van der Waals surface area contributed by atoms with Crippen LogP contribution in [0.2, 0.25) is 10.0 Å². The topological polar surface area (TPSA) is 75.8 Å². The van der Waals surface area contributed by atoms with Crippen molar-refractivity contribution in [3.8, 4) is 0 Å². The number of hydrogen-bond donors (Lipinski definition) is 2. The zero-order chi connectivity index (χ0) is 26.6. The maximum atomic E-state index is 15.7. The van der Waals surface area contributed by atoms with Crippen molar-refractivity contribution in [3.05, 3.63) is 69.2 Å². The second kappa shape index (κ2) is 9.52. The number of fused-ring (bicyclic) bond motifs is 1. The van der Waals surface area contributed by atoms with Crippen molar-refractivity contribution < 1.29 is 23.4 Å². The molecule has 2 saturated heterocycles. The molecule has 2 aliphatic rings. The Bertz CT molecular complexity index is 1170. The first-order valence-corrected chi connectivity index (χ1v) is 12.9. The Morgan fingerprint density at radius 1 is 1.17 bits per heavy atom. The number of ether oxygens (including phenoxy) is 1. The van der Waals surface area contributed by atoms with E-state index >= 15 is 8.78 Å². The van der Waals surface area contributed by atoms with Crippen LogP contribution < -0.4 is 5.73 Å². The summed E-state index contributed by atoms with van der Waals surface area (Å²) in [5, 5.41) is 10.5. The number of aliphatic hydroxyl groups is 1. The van der Waals surface area contributed by atoms with Gasteiger partial charge in [-0.1, -0.05) is 55.2 Å². The van der Waals surface area contributed by atoms with E-state index in [2.05, 4.69) is 0 Å². The van der Waals surface area contributed by atoms with Crippen LogP contribution in [-0.2, 0) is 15.1 Å². The van der Waals surface area contributed by atoms with Gasteiger partial charge in [-0.25, -0.2) is 13.7 Å². The third-order valence-electron chi connectivity index (χ3n) is 8.41. The summed E-state index contributed by atoms with van der Waals surface area (Å²) in [6.45, 7) is 7.30. The zero-order valence-corrected chi connectivity index (χ0v) is 22.3. The van der Waals surface area contributed by atoms with E-state index in [0.29, 0.717) is 19.3 Å². The Labute approximate surface area is 220 Å². The van der Waals surface area contributed by atoms with Crippen LogP contribution in [0.3, 0.4) is 0 Å². The van der Waals surface area contributed by atoms with Gasteiger partial charge in [0.15, 0.2) is 5.72 Å². The van der Waals surface area contributed by atoms with Crippen molar-refractivity contribution >= 4 is 29.2 Å². The fourth-order valence-corrected chi connectivity index (χ4v) is 6.59. The smallest absolute Gasteiger partial charge is 0.325 e. The summed E-state index contributed by atoms with van der Waals surface area (Å²) < 4.78 is 37.0. The van der Waals surface area contributed by atoms with E-state index < -0.39 is 52.3 Å². The molecule has 0 bridgehead atoms. The SMILES string of the molecule is CCC(CC)(CO)C[C@@H]1N2[C@@H](C(=O)OC2(C)C)[C@H](c2cccc(Cl)c2F)[C@@]1(N)c1ccc(Cl)cc1F. The molecule has 0 aromatic heterocycles. The van der Waals surface area contributed by atoms with Crippen LogP contribution in [0.4, 0.5) is 8.78 Å². The molecule has 36 heavy (non-hydrogen) atoms. The van der Waals surface area contributed by atoms with Gasteiger partial charge < -0.3 is 15.6 Å². The Kier molecular flexibility index (Phi) is 7.21. The highest BCUT2D eigenvalue weighted by molar-refractivity contribution is 6.31. The first-order chi connectivity index (χ1) is 16.9. The third kappa shape index (κ3) is 4.04. The number of benzene rings is 2. The van der Waals surface area contributed by atoms with E-state index in [-0.39, 0.29) is 27.8 Å². The lowest BCUT2D eigenvalue weighted by molar-refractivity contribution is -0.153. The number of carbonyl (C=O) groups is 1. The number of hydrogen-bond acceptors (Lipinski definition) is 5. The Morgan fingerprint density at radius 3 is 2.42 bits per heavy atom. The first-order valence-electron chi connectivity index (χ1n) is 12.2. The molecule has 0 amide bonds. The summed E-state index contributed by atoms with van der Waals surface area (Å²) in [6.07, 6.45) is 1.57. The molecule has 9 heteroatoms. The Morgan fingerprint density at radius 2 is 1.83 bits per heavy atom. The van der Waals surface area contributed by atoms with E-state index in [4.69, 9.17) is 33.7 Å².